The summed E-state index contributed by atoms with van der Waals surface area (Å²) in [6, 6.07) is 10.8. The first kappa shape index (κ1) is 18.8. The first-order valence-electron chi connectivity index (χ1n) is 7.99. The Balaban J connectivity index is 2.01. The topological polar surface area (TPSA) is 67.4 Å². The maximum atomic E-state index is 12.2. The van der Waals surface area contributed by atoms with E-state index in [9.17, 15) is 9.59 Å². The van der Waals surface area contributed by atoms with Crippen molar-refractivity contribution in [3.8, 4) is 5.75 Å². The van der Waals surface area contributed by atoms with Gasteiger partial charge in [0.15, 0.2) is 0 Å². The fourth-order valence-electron chi connectivity index (χ4n) is 2.45. The van der Waals surface area contributed by atoms with Gasteiger partial charge in [0.25, 0.3) is 0 Å². The van der Waals surface area contributed by atoms with E-state index >= 15 is 0 Å². The van der Waals surface area contributed by atoms with Crippen molar-refractivity contribution in [2.24, 2.45) is 0 Å². The van der Waals surface area contributed by atoms with Gasteiger partial charge in [-0.3, -0.25) is 9.59 Å². The third kappa shape index (κ3) is 5.22. The molecular weight excluding hydrogens is 340 g/mol. The Hall–Kier alpha value is -2.53. The maximum Gasteiger partial charge on any atom is 0.233 e. The molecule has 0 saturated carbocycles. The van der Waals surface area contributed by atoms with Crippen LogP contribution >= 0.6 is 11.6 Å². The third-order valence-corrected chi connectivity index (χ3v) is 3.78. The summed E-state index contributed by atoms with van der Waals surface area (Å²) in [5.74, 6) is -0.290. The number of nitrogens with one attached hydrogen (secondary N) is 2. The predicted octanol–water partition coefficient (Wildman–Crippen LogP) is 4.32. The number of para-hydroxylation sites is 2. The fraction of sp³-hybridized carbons (Fsp3) is 0.263. The number of carbonyl (C=O) groups is 2. The normalized spacial score (nSPS) is 10.2. The average molecular weight is 361 g/mol. The van der Waals surface area contributed by atoms with Gasteiger partial charge in [0.1, 0.15) is 12.2 Å². The summed E-state index contributed by atoms with van der Waals surface area (Å²) in [5, 5.41) is 5.84. The van der Waals surface area contributed by atoms with Crippen LogP contribution in [-0.2, 0) is 9.59 Å². The lowest BCUT2D eigenvalue weighted by Gasteiger charge is -2.13. The van der Waals surface area contributed by atoms with Gasteiger partial charge < -0.3 is 15.4 Å². The average Bonchev–Trinajstić information content (AvgIpc) is 2.53. The number of aryl methyl sites for hydroxylation is 2. The molecule has 0 spiro atoms. The zero-order valence-corrected chi connectivity index (χ0v) is 15.2. The molecule has 2 aromatic rings. The molecular formula is C19H21ClN2O3. The largest absolute Gasteiger partial charge is 0.492 e. The number of hydrogen-bond donors (Lipinski definition) is 2. The molecule has 2 amide bonds. The number of amides is 2. The number of hydrogen-bond acceptors (Lipinski definition) is 3. The van der Waals surface area contributed by atoms with Gasteiger partial charge in [-0.1, -0.05) is 29.8 Å². The molecule has 0 atom stereocenters. The van der Waals surface area contributed by atoms with Gasteiger partial charge in [0.2, 0.25) is 11.8 Å². The summed E-state index contributed by atoms with van der Waals surface area (Å²) < 4.78 is 5.45. The van der Waals surface area contributed by atoms with Crippen LogP contribution in [0.3, 0.4) is 0 Å². The van der Waals surface area contributed by atoms with Gasteiger partial charge in [0.05, 0.1) is 23.0 Å². The molecule has 0 fully saturated rings. The molecule has 0 heterocycles. The van der Waals surface area contributed by atoms with Gasteiger partial charge >= 0.3 is 0 Å². The Morgan fingerprint density at radius 2 is 1.76 bits per heavy atom. The van der Waals surface area contributed by atoms with Crippen LogP contribution in [0, 0.1) is 13.8 Å². The summed E-state index contributed by atoms with van der Waals surface area (Å²) in [5.41, 5.74) is 2.91. The van der Waals surface area contributed by atoms with Crippen molar-refractivity contribution >= 4 is 34.8 Å². The third-order valence-electron chi connectivity index (χ3n) is 3.48. The molecule has 2 N–H and O–H groups in total. The fourth-order valence-corrected chi connectivity index (χ4v) is 2.82. The smallest absolute Gasteiger partial charge is 0.233 e. The van der Waals surface area contributed by atoms with E-state index in [1.54, 1.807) is 24.3 Å². The molecule has 25 heavy (non-hydrogen) atoms. The van der Waals surface area contributed by atoms with Gasteiger partial charge in [-0.05, 0) is 50.1 Å². The second-order valence-corrected chi connectivity index (χ2v) is 6.05. The SMILES string of the molecule is CCOc1ccccc1NC(=O)CC(=O)Nc1c(C)cc(C)cc1Cl. The van der Waals surface area contributed by atoms with Crippen LogP contribution in [-0.4, -0.2) is 18.4 Å². The molecule has 0 unspecified atom stereocenters. The highest BCUT2D eigenvalue weighted by Crippen LogP contribution is 2.27. The molecule has 5 nitrogen and oxygen atoms in total. The van der Waals surface area contributed by atoms with E-state index in [1.807, 2.05) is 32.9 Å². The highest BCUT2D eigenvalue weighted by molar-refractivity contribution is 6.34. The summed E-state index contributed by atoms with van der Waals surface area (Å²) in [4.78, 5) is 24.3. The quantitative estimate of drug-likeness (QED) is 0.754. The lowest BCUT2D eigenvalue weighted by Crippen LogP contribution is -2.22. The van der Waals surface area contributed by atoms with E-state index in [-0.39, 0.29) is 6.42 Å². The number of ether oxygens (including phenoxy) is 1. The summed E-state index contributed by atoms with van der Waals surface area (Å²) >= 11 is 6.17. The van der Waals surface area contributed by atoms with Crippen molar-refractivity contribution in [1.82, 2.24) is 0 Å². The Labute approximate surface area is 152 Å². The summed E-state index contributed by atoms with van der Waals surface area (Å²) in [7, 11) is 0. The zero-order valence-electron chi connectivity index (χ0n) is 14.5. The van der Waals surface area contributed by atoms with Gasteiger partial charge in [0, 0.05) is 0 Å². The highest BCUT2D eigenvalue weighted by Gasteiger charge is 2.14. The minimum atomic E-state index is -0.430. The number of benzene rings is 2. The Kier molecular flexibility index (Phi) is 6.42. The molecule has 0 aliphatic heterocycles. The molecule has 2 aromatic carbocycles. The molecule has 2 rings (SSSR count). The van der Waals surface area contributed by atoms with Crippen molar-refractivity contribution in [3.63, 3.8) is 0 Å². The molecule has 0 aliphatic rings. The number of carbonyl (C=O) groups excluding carboxylic acids is 2. The van der Waals surface area contributed by atoms with E-state index in [0.29, 0.717) is 28.8 Å². The van der Waals surface area contributed by atoms with E-state index in [2.05, 4.69) is 10.6 Å². The molecule has 0 radical (unpaired) electrons. The Bertz CT molecular complexity index is 767. The minimum Gasteiger partial charge on any atom is -0.492 e. The first-order chi connectivity index (χ1) is 11.9. The van der Waals surface area contributed by atoms with Crippen molar-refractivity contribution in [2.45, 2.75) is 27.2 Å². The van der Waals surface area contributed by atoms with Gasteiger partial charge in [-0.25, -0.2) is 0 Å². The summed E-state index contributed by atoms with van der Waals surface area (Å²) in [6.07, 6.45) is -0.315. The van der Waals surface area contributed by atoms with E-state index < -0.39 is 11.8 Å². The van der Waals surface area contributed by atoms with Gasteiger partial charge in [-0.2, -0.15) is 0 Å². The van der Waals surface area contributed by atoms with E-state index in [0.717, 1.165) is 11.1 Å². The zero-order chi connectivity index (χ0) is 18.4. The monoisotopic (exact) mass is 360 g/mol. The van der Waals surface area contributed by atoms with E-state index in [1.165, 1.54) is 0 Å². The molecule has 132 valence electrons. The minimum absolute atomic E-state index is 0.315. The molecule has 0 bridgehead atoms. The number of anilines is 2. The van der Waals surface area contributed by atoms with Crippen LogP contribution in [0.5, 0.6) is 5.75 Å². The number of rotatable bonds is 6. The van der Waals surface area contributed by atoms with Crippen molar-refractivity contribution in [1.29, 1.82) is 0 Å². The Morgan fingerprint density at radius 3 is 2.44 bits per heavy atom. The van der Waals surface area contributed by atoms with Crippen LogP contribution in [0.15, 0.2) is 36.4 Å². The van der Waals surface area contributed by atoms with E-state index in [4.69, 9.17) is 16.3 Å². The second kappa shape index (κ2) is 8.53. The molecule has 0 saturated heterocycles. The molecule has 0 aromatic heterocycles. The Morgan fingerprint density at radius 1 is 1.08 bits per heavy atom. The van der Waals surface area contributed by atoms with Crippen LogP contribution in [0.25, 0.3) is 0 Å². The highest BCUT2D eigenvalue weighted by atomic mass is 35.5. The van der Waals surface area contributed by atoms with Crippen molar-refractivity contribution < 1.29 is 14.3 Å². The molecule has 0 aliphatic carbocycles. The van der Waals surface area contributed by atoms with Crippen molar-refractivity contribution in [3.05, 3.63) is 52.5 Å². The standard InChI is InChI=1S/C19H21ClN2O3/c1-4-25-16-8-6-5-7-15(16)21-17(23)11-18(24)22-19-13(3)9-12(2)10-14(19)20/h5-10H,4,11H2,1-3H3,(H,21,23)(H,22,24). The lowest BCUT2D eigenvalue weighted by atomic mass is 10.1. The first-order valence-corrected chi connectivity index (χ1v) is 8.36. The van der Waals surface area contributed by atoms with Gasteiger partial charge in [-0.15, -0.1) is 0 Å². The molecule has 6 heteroatoms. The lowest BCUT2D eigenvalue weighted by molar-refractivity contribution is -0.123. The van der Waals surface area contributed by atoms with Crippen molar-refractivity contribution in [2.75, 3.05) is 17.2 Å². The van der Waals surface area contributed by atoms with Crippen LogP contribution in [0.2, 0.25) is 5.02 Å². The number of halogens is 1. The second-order valence-electron chi connectivity index (χ2n) is 5.64. The van der Waals surface area contributed by atoms with Crippen LogP contribution < -0.4 is 15.4 Å². The maximum absolute atomic E-state index is 12.2. The predicted molar refractivity (Wildman–Crippen MR) is 100 cm³/mol. The van der Waals surface area contributed by atoms with Crippen LogP contribution in [0.4, 0.5) is 11.4 Å². The summed E-state index contributed by atoms with van der Waals surface area (Å²) in [6.45, 7) is 6.12. The van der Waals surface area contributed by atoms with Crippen LogP contribution in [0.1, 0.15) is 24.5 Å².